The molecule has 1 unspecified atom stereocenters. The standard InChI is InChI=1S/C15H21NO/c1-5-13(16-4)15-9-12-8-11(10(2)3)6-7-14(12)17-15/h6-10,13,16H,5H2,1-4H3. The van der Waals surface area contributed by atoms with E-state index in [0.29, 0.717) is 12.0 Å². The molecule has 1 aromatic heterocycles. The van der Waals surface area contributed by atoms with Crippen LogP contribution in [0.4, 0.5) is 0 Å². The van der Waals surface area contributed by atoms with Crippen LogP contribution in [-0.2, 0) is 0 Å². The van der Waals surface area contributed by atoms with Crippen LogP contribution in [0.5, 0.6) is 0 Å². The van der Waals surface area contributed by atoms with Crippen molar-refractivity contribution in [2.75, 3.05) is 7.05 Å². The van der Waals surface area contributed by atoms with Gasteiger partial charge in [-0.3, -0.25) is 0 Å². The van der Waals surface area contributed by atoms with E-state index >= 15 is 0 Å². The molecule has 2 nitrogen and oxygen atoms in total. The van der Waals surface area contributed by atoms with Crippen LogP contribution in [0.1, 0.15) is 50.5 Å². The van der Waals surface area contributed by atoms with Gasteiger partial charge in [-0.05, 0) is 43.1 Å². The van der Waals surface area contributed by atoms with Gasteiger partial charge in [0.05, 0.1) is 6.04 Å². The summed E-state index contributed by atoms with van der Waals surface area (Å²) in [5.41, 5.74) is 2.35. The third kappa shape index (κ3) is 2.37. The largest absolute Gasteiger partial charge is 0.459 e. The number of hydrogen-bond acceptors (Lipinski definition) is 2. The molecule has 0 aliphatic rings. The van der Waals surface area contributed by atoms with E-state index in [1.165, 1.54) is 10.9 Å². The van der Waals surface area contributed by atoms with E-state index in [0.717, 1.165) is 17.8 Å². The van der Waals surface area contributed by atoms with E-state index in [2.05, 4.69) is 50.4 Å². The molecule has 2 heteroatoms. The Morgan fingerprint density at radius 3 is 2.59 bits per heavy atom. The Hall–Kier alpha value is -1.28. The Morgan fingerprint density at radius 1 is 1.24 bits per heavy atom. The first-order valence-electron chi connectivity index (χ1n) is 6.36. The lowest BCUT2D eigenvalue weighted by Gasteiger charge is -2.09. The van der Waals surface area contributed by atoms with E-state index in [4.69, 9.17) is 4.42 Å². The van der Waals surface area contributed by atoms with Crippen molar-refractivity contribution in [3.63, 3.8) is 0 Å². The summed E-state index contributed by atoms with van der Waals surface area (Å²) in [4.78, 5) is 0. The summed E-state index contributed by atoms with van der Waals surface area (Å²) in [6.45, 7) is 6.59. The molecule has 0 spiro atoms. The first-order chi connectivity index (χ1) is 8.15. The topological polar surface area (TPSA) is 25.2 Å². The second kappa shape index (κ2) is 4.92. The minimum absolute atomic E-state index is 0.310. The predicted molar refractivity (Wildman–Crippen MR) is 72.4 cm³/mol. The maximum absolute atomic E-state index is 5.88. The van der Waals surface area contributed by atoms with Crippen molar-refractivity contribution in [3.05, 3.63) is 35.6 Å². The first kappa shape index (κ1) is 12.2. The van der Waals surface area contributed by atoms with Crippen LogP contribution < -0.4 is 5.32 Å². The zero-order valence-electron chi connectivity index (χ0n) is 11.1. The average Bonchev–Trinajstić information content (AvgIpc) is 2.72. The van der Waals surface area contributed by atoms with Crippen molar-refractivity contribution >= 4 is 11.0 Å². The van der Waals surface area contributed by atoms with Crippen LogP contribution in [0.3, 0.4) is 0 Å². The fourth-order valence-electron chi connectivity index (χ4n) is 2.16. The molecule has 2 rings (SSSR count). The van der Waals surface area contributed by atoms with Gasteiger partial charge in [-0.15, -0.1) is 0 Å². The van der Waals surface area contributed by atoms with Gasteiger partial charge < -0.3 is 9.73 Å². The summed E-state index contributed by atoms with van der Waals surface area (Å²) in [5.74, 6) is 1.59. The molecule has 17 heavy (non-hydrogen) atoms. The Labute approximate surface area is 103 Å². The van der Waals surface area contributed by atoms with Crippen LogP contribution in [0.25, 0.3) is 11.0 Å². The number of benzene rings is 1. The summed E-state index contributed by atoms with van der Waals surface area (Å²) < 4.78 is 5.88. The summed E-state index contributed by atoms with van der Waals surface area (Å²) in [5, 5.41) is 4.48. The molecule has 0 aliphatic heterocycles. The van der Waals surface area contributed by atoms with Crippen molar-refractivity contribution < 1.29 is 4.42 Å². The fourth-order valence-corrected chi connectivity index (χ4v) is 2.16. The van der Waals surface area contributed by atoms with Gasteiger partial charge in [0.2, 0.25) is 0 Å². The molecule has 1 N–H and O–H groups in total. The molecule has 1 aromatic carbocycles. The predicted octanol–water partition coefficient (Wildman–Crippen LogP) is 4.23. The van der Waals surface area contributed by atoms with Gasteiger partial charge in [0.1, 0.15) is 11.3 Å². The summed E-state index contributed by atoms with van der Waals surface area (Å²) in [6.07, 6.45) is 1.04. The molecule has 0 aliphatic carbocycles. The molecule has 92 valence electrons. The molecule has 1 atom stereocenters. The fraction of sp³-hybridized carbons (Fsp3) is 0.467. The van der Waals surface area contributed by atoms with Gasteiger partial charge in [-0.25, -0.2) is 0 Å². The molecule has 0 fully saturated rings. The van der Waals surface area contributed by atoms with Gasteiger partial charge in [-0.1, -0.05) is 26.8 Å². The van der Waals surface area contributed by atoms with Crippen molar-refractivity contribution in [2.45, 2.75) is 39.2 Å². The zero-order valence-corrected chi connectivity index (χ0v) is 11.1. The number of hydrogen-bond donors (Lipinski definition) is 1. The Morgan fingerprint density at radius 2 is 2.00 bits per heavy atom. The van der Waals surface area contributed by atoms with Crippen molar-refractivity contribution in [1.29, 1.82) is 0 Å². The first-order valence-corrected chi connectivity index (χ1v) is 6.36. The Kier molecular flexibility index (Phi) is 3.53. The van der Waals surface area contributed by atoms with Gasteiger partial charge in [0, 0.05) is 5.39 Å². The highest BCUT2D eigenvalue weighted by Crippen LogP contribution is 2.28. The smallest absolute Gasteiger partial charge is 0.134 e. The molecular weight excluding hydrogens is 210 g/mol. The molecule has 0 saturated carbocycles. The number of fused-ring (bicyclic) bond motifs is 1. The van der Waals surface area contributed by atoms with Crippen LogP contribution in [0.2, 0.25) is 0 Å². The monoisotopic (exact) mass is 231 g/mol. The molecule has 0 saturated heterocycles. The van der Waals surface area contributed by atoms with Crippen LogP contribution in [0.15, 0.2) is 28.7 Å². The van der Waals surface area contributed by atoms with E-state index in [-0.39, 0.29) is 0 Å². The lowest BCUT2D eigenvalue weighted by Crippen LogP contribution is -2.14. The van der Waals surface area contributed by atoms with E-state index in [9.17, 15) is 0 Å². The van der Waals surface area contributed by atoms with Crippen LogP contribution >= 0.6 is 0 Å². The third-order valence-corrected chi connectivity index (χ3v) is 3.33. The number of furan rings is 1. The van der Waals surface area contributed by atoms with Gasteiger partial charge in [0.15, 0.2) is 0 Å². The highest BCUT2D eigenvalue weighted by molar-refractivity contribution is 5.79. The average molecular weight is 231 g/mol. The minimum Gasteiger partial charge on any atom is -0.459 e. The lowest BCUT2D eigenvalue weighted by molar-refractivity contribution is 0.444. The Bertz CT molecular complexity index is 495. The summed E-state index contributed by atoms with van der Waals surface area (Å²) in [7, 11) is 1.97. The van der Waals surface area contributed by atoms with Crippen LogP contribution in [0, 0.1) is 0 Å². The van der Waals surface area contributed by atoms with Crippen molar-refractivity contribution in [1.82, 2.24) is 5.32 Å². The SMILES string of the molecule is CCC(NC)c1cc2cc(C(C)C)ccc2o1. The third-order valence-electron chi connectivity index (χ3n) is 3.33. The van der Waals surface area contributed by atoms with E-state index < -0.39 is 0 Å². The summed E-state index contributed by atoms with van der Waals surface area (Å²) >= 11 is 0. The molecule has 1 heterocycles. The molecule has 0 radical (unpaired) electrons. The Balaban J connectivity index is 2.43. The molecular formula is C15H21NO. The molecule has 0 bridgehead atoms. The van der Waals surface area contributed by atoms with Crippen molar-refractivity contribution in [2.24, 2.45) is 0 Å². The lowest BCUT2D eigenvalue weighted by atomic mass is 10.0. The zero-order chi connectivity index (χ0) is 12.4. The minimum atomic E-state index is 0.310. The number of nitrogens with one attached hydrogen (secondary N) is 1. The summed E-state index contributed by atoms with van der Waals surface area (Å²) in [6, 6.07) is 8.93. The maximum Gasteiger partial charge on any atom is 0.134 e. The van der Waals surface area contributed by atoms with Gasteiger partial charge in [0.25, 0.3) is 0 Å². The van der Waals surface area contributed by atoms with E-state index in [1.54, 1.807) is 0 Å². The van der Waals surface area contributed by atoms with Crippen LogP contribution in [-0.4, -0.2) is 7.05 Å². The van der Waals surface area contributed by atoms with Gasteiger partial charge >= 0.3 is 0 Å². The quantitative estimate of drug-likeness (QED) is 0.852. The van der Waals surface area contributed by atoms with E-state index in [1.807, 2.05) is 7.05 Å². The van der Waals surface area contributed by atoms with Crippen molar-refractivity contribution in [3.8, 4) is 0 Å². The maximum atomic E-state index is 5.88. The molecule has 2 aromatic rings. The second-order valence-corrected chi connectivity index (χ2v) is 4.85. The second-order valence-electron chi connectivity index (χ2n) is 4.85. The number of rotatable bonds is 4. The highest BCUT2D eigenvalue weighted by atomic mass is 16.3. The normalized spacial score (nSPS) is 13.5. The van der Waals surface area contributed by atoms with Gasteiger partial charge in [-0.2, -0.15) is 0 Å². The highest BCUT2D eigenvalue weighted by Gasteiger charge is 2.13. The molecule has 0 amide bonds.